The third kappa shape index (κ3) is 3.04. The van der Waals surface area contributed by atoms with Crippen LogP contribution in [-0.2, 0) is 23.0 Å². The van der Waals surface area contributed by atoms with E-state index in [1.54, 1.807) is 0 Å². The molecule has 1 heterocycles. The molecule has 16 heavy (non-hydrogen) atoms. The van der Waals surface area contributed by atoms with Gasteiger partial charge in [-0.3, -0.25) is 4.90 Å². The molecule has 1 aromatic rings. The summed E-state index contributed by atoms with van der Waals surface area (Å²) in [6, 6.07) is 8.28. The van der Waals surface area contributed by atoms with Gasteiger partial charge in [-0.1, -0.05) is 24.3 Å². The number of hydrogen-bond donors (Lipinski definition) is 1. The van der Waals surface area contributed by atoms with Crippen molar-refractivity contribution in [1.82, 2.24) is 4.90 Å². The van der Waals surface area contributed by atoms with E-state index in [-0.39, 0.29) is 5.75 Å². The Kier molecular flexibility index (Phi) is 3.28. The van der Waals surface area contributed by atoms with E-state index in [0.29, 0.717) is 6.54 Å². The summed E-state index contributed by atoms with van der Waals surface area (Å²) in [6.45, 7) is 2.26. The fraction of sp³-hybridized carbons (Fsp3) is 0.455. The molecular weight excluding hydrogens is 224 g/mol. The standard InChI is InChI=1S/C11H16N2O2S/c12-16(14,15)8-7-13-6-5-10-3-1-2-4-11(10)9-13/h1-4H,5-9H2,(H2,12,14,15). The number of nitrogens with zero attached hydrogens (tertiary/aromatic N) is 1. The second kappa shape index (κ2) is 4.53. The molecule has 1 aliphatic rings. The number of benzene rings is 1. The predicted octanol–water partition coefficient (Wildman–Crippen LogP) is 0.333. The second-order valence-corrected chi connectivity index (χ2v) is 5.90. The van der Waals surface area contributed by atoms with E-state index in [2.05, 4.69) is 17.0 Å². The summed E-state index contributed by atoms with van der Waals surface area (Å²) < 4.78 is 21.7. The number of rotatable bonds is 3. The van der Waals surface area contributed by atoms with Crippen molar-refractivity contribution in [2.75, 3.05) is 18.8 Å². The van der Waals surface area contributed by atoms with Crippen LogP contribution < -0.4 is 5.14 Å². The van der Waals surface area contributed by atoms with Gasteiger partial charge < -0.3 is 0 Å². The van der Waals surface area contributed by atoms with E-state index < -0.39 is 10.0 Å². The molecule has 0 bridgehead atoms. The van der Waals surface area contributed by atoms with Gasteiger partial charge in [-0.15, -0.1) is 0 Å². The maximum Gasteiger partial charge on any atom is 0.210 e. The molecule has 1 aliphatic heterocycles. The SMILES string of the molecule is NS(=O)(=O)CCN1CCc2ccccc2C1. The predicted molar refractivity (Wildman–Crippen MR) is 63.4 cm³/mol. The Labute approximate surface area is 96.1 Å². The van der Waals surface area contributed by atoms with E-state index in [1.165, 1.54) is 11.1 Å². The van der Waals surface area contributed by atoms with E-state index in [0.717, 1.165) is 19.5 Å². The maximum absolute atomic E-state index is 10.9. The topological polar surface area (TPSA) is 63.4 Å². The van der Waals surface area contributed by atoms with Crippen LogP contribution in [0.15, 0.2) is 24.3 Å². The van der Waals surface area contributed by atoms with Crippen molar-refractivity contribution in [3.8, 4) is 0 Å². The molecule has 0 unspecified atom stereocenters. The summed E-state index contributed by atoms with van der Waals surface area (Å²) in [5.74, 6) is 0.0369. The van der Waals surface area contributed by atoms with Gasteiger partial charge in [-0.2, -0.15) is 0 Å². The zero-order chi connectivity index (χ0) is 11.6. The Morgan fingerprint density at radius 1 is 1.25 bits per heavy atom. The zero-order valence-corrected chi connectivity index (χ0v) is 9.91. The van der Waals surface area contributed by atoms with Crippen LogP contribution in [0.1, 0.15) is 11.1 Å². The fourth-order valence-corrected chi connectivity index (χ4v) is 2.51. The highest BCUT2D eigenvalue weighted by molar-refractivity contribution is 7.89. The van der Waals surface area contributed by atoms with Crippen LogP contribution in [-0.4, -0.2) is 32.2 Å². The lowest BCUT2D eigenvalue weighted by Gasteiger charge is -2.28. The Balaban J connectivity index is 1.98. The molecule has 0 saturated carbocycles. The van der Waals surface area contributed by atoms with Crippen LogP contribution in [0.4, 0.5) is 0 Å². The highest BCUT2D eigenvalue weighted by Gasteiger charge is 2.16. The molecular formula is C11H16N2O2S. The normalized spacial score (nSPS) is 17.1. The molecule has 0 aliphatic carbocycles. The first-order chi connectivity index (χ1) is 7.54. The Bertz CT molecular complexity index is 471. The maximum atomic E-state index is 10.9. The van der Waals surface area contributed by atoms with Crippen LogP contribution in [0.25, 0.3) is 0 Å². The summed E-state index contributed by atoms with van der Waals surface area (Å²) in [5.41, 5.74) is 2.66. The monoisotopic (exact) mass is 240 g/mol. The van der Waals surface area contributed by atoms with Gasteiger partial charge in [0.25, 0.3) is 0 Å². The van der Waals surface area contributed by atoms with Gasteiger partial charge in [-0.25, -0.2) is 13.6 Å². The van der Waals surface area contributed by atoms with Crippen molar-refractivity contribution in [1.29, 1.82) is 0 Å². The van der Waals surface area contributed by atoms with Crippen molar-refractivity contribution in [3.05, 3.63) is 35.4 Å². The average Bonchev–Trinajstić information content (AvgIpc) is 2.25. The minimum absolute atomic E-state index is 0.0369. The summed E-state index contributed by atoms with van der Waals surface area (Å²) in [5, 5.41) is 4.99. The first kappa shape index (κ1) is 11.6. The lowest BCUT2D eigenvalue weighted by atomic mass is 10.0. The molecule has 0 amide bonds. The molecule has 0 spiro atoms. The van der Waals surface area contributed by atoms with Crippen molar-refractivity contribution in [2.45, 2.75) is 13.0 Å². The number of hydrogen-bond acceptors (Lipinski definition) is 3. The third-order valence-corrected chi connectivity index (χ3v) is 3.65. The Morgan fingerprint density at radius 2 is 1.94 bits per heavy atom. The van der Waals surface area contributed by atoms with Crippen LogP contribution in [0, 0.1) is 0 Å². The molecule has 0 aromatic heterocycles. The fourth-order valence-electron chi connectivity index (χ4n) is 2.00. The van der Waals surface area contributed by atoms with E-state index >= 15 is 0 Å². The van der Waals surface area contributed by atoms with E-state index in [9.17, 15) is 8.42 Å². The zero-order valence-electron chi connectivity index (χ0n) is 9.09. The van der Waals surface area contributed by atoms with E-state index in [4.69, 9.17) is 5.14 Å². The van der Waals surface area contributed by atoms with Crippen LogP contribution in [0.2, 0.25) is 0 Å². The number of sulfonamides is 1. The molecule has 0 fully saturated rings. The molecule has 4 nitrogen and oxygen atoms in total. The highest BCUT2D eigenvalue weighted by Crippen LogP contribution is 2.17. The number of nitrogens with two attached hydrogens (primary N) is 1. The molecule has 0 atom stereocenters. The molecule has 0 saturated heterocycles. The number of fused-ring (bicyclic) bond motifs is 1. The molecule has 88 valence electrons. The van der Waals surface area contributed by atoms with Crippen molar-refractivity contribution in [3.63, 3.8) is 0 Å². The minimum Gasteiger partial charge on any atom is -0.298 e. The summed E-state index contributed by atoms with van der Waals surface area (Å²) in [6.07, 6.45) is 0.987. The van der Waals surface area contributed by atoms with Gasteiger partial charge in [0.05, 0.1) is 5.75 Å². The van der Waals surface area contributed by atoms with Gasteiger partial charge >= 0.3 is 0 Å². The average molecular weight is 240 g/mol. The summed E-state index contributed by atoms with van der Waals surface area (Å²) in [4.78, 5) is 2.13. The van der Waals surface area contributed by atoms with Crippen molar-refractivity contribution >= 4 is 10.0 Å². The largest absolute Gasteiger partial charge is 0.298 e. The Hall–Kier alpha value is -0.910. The molecule has 1 aromatic carbocycles. The van der Waals surface area contributed by atoms with E-state index in [1.807, 2.05) is 12.1 Å². The smallest absolute Gasteiger partial charge is 0.210 e. The Morgan fingerprint density at radius 3 is 2.62 bits per heavy atom. The first-order valence-electron chi connectivity index (χ1n) is 5.34. The molecule has 5 heteroatoms. The minimum atomic E-state index is -3.34. The quantitative estimate of drug-likeness (QED) is 0.828. The second-order valence-electron chi connectivity index (χ2n) is 4.16. The van der Waals surface area contributed by atoms with Crippen LogP contribution >= 0.6 is 0 Å². The first-order valence-corrected chi connectivity index (χ1v) is 7.06. The van der Waals surface area contributed by atoms with Gasteiger partial charge in [0, 0.05) is 19.6 Å². The summed E-state index contributed by atoms with van der Waals surface area (Å²) in [7, 11) is -3.34. The third-order valence-electron chi connectivity index (χ3n) is 2.90. The van der Waals surface area contributed by atoms with Gasteiger partial charge in [0.2, 0.25) is 10.0 Å². The molecule has 0 radical (unpaired) electrons. The lowest BCUT2D eigenvalue weighted by molar-refractivity contribution is 0.269. The van der Waals surface area contributed by atoms with Crippen molar-refractivity contribution < 1.29 is 8.42 Å². The number of primary sulfonamides is 1. The van der Waals surface area contributed by atoms with Crippen LogP contribution in [0.3, 0.4) is 0 Å². The summed E-state index contributed by atoms with van der Waals surface area (Å²) >= 11 is 0. The van der Waals surface area contributed by atoms with Gasteiger partial charge in [0.1, 0.15) is 0 Å². The highest BCUT2D eigenvalue weighted by atomic mass is 32.2. The van der Waals surface area contributed by atoms with Gasteiger partial charge in [0.15, 0.2) is 0 Å². The van der Waals surface area contributed by atoms with Crippen LogP contribution in [0.5, 0.6) is 0 Å². The van der Waals surface area contributed by atoms with Gasteiger partial charge in [-0.05, 0) is 17.5 Å². The lowest BCUT2D eigenvalue weighted by Crippen LogP contribution is -2.35. The molecule has 2 rings (SSSR count). The molecule has 2 N–H and O–H groups in total. The van der Waals surface area contributed by atoms with Crippen molar-refractivity contribution in [2.24, 2.45) is 5.14 Å².